The molecule has 106 valence electrons. The molecule has 0 spiro atoms. The first-order chi connectivity index (χ1) is 9.35. The summed E-state index contributed by atoms with van der Waals surface area (Å²) in [5, 5.41) is 0.159. The molecule has 0 aliphatic rings. The summed E-state index contributed by atoms with van der Waals surface area (Å²) in [6.07, 6.45) is -3.53. The van der Waals surface area contributed by atoms with Crippen LogP contribution >= 0.6 is 27.5 Å². The van der Waals surface area contributed by atoms with Crippen molar-refractivity contribution < 1.29 is 22.6 Å². The van der Waals surface area contributed by atoms with Gasteiger partial charge in [0.25, 0.3) is 0 Å². The molecule has 0 bridgehead atoms. The van der Waals surface area contributed by atoms with Crippen molar-refractivity contribution in [2.75, 3.05) is 0 Å². The van der Waals surface area contributed by atoms with Crippen molar-refractivity contribution in [3.63, 3.8) is 0 Å². The van der Waals surface area contributed by atoms with E-state index in [-0.39, 0.29) is 22.5 Å². The lowest BCUT2D eigenvalue weighted by Crippen LogP contribution is -2.16. The maximum absolute atomic E-state index is 12.0. The van der Waals surface area contributed by atoms with Crippen molar-refractivity contribution in [2.45, 2.75) is 6.36 Å². The maximum Gasteiger partial charge on any atom is 0.573 e. The number of halogens is 5. The number of benzene rings is 1. The van der Waals surface area contributed by atoms with Crippen LogP contribution in [-0.2, 0) is 0 Å². The standard InChI is InChI=1S/C11H5BrClF3N2O2/c12-8-9(13)17-5-18-10(8)19-6-1-3-7(4-2-6)20-11(14,15)16/h1-5H. The molecular weight excluding hydrogens is 364 g/mol. The predicted molar refractivity (Wildman–Crippen MR) is 67.9 cm³/mol. The van der Waals surface area contributed by atoms with Gasteiger partial charge >= 0.3 is 6.36 Å². The average Bonchev–Trinajstić information content (AvgIpc) is 2.35. The fourth-order valence-corrected chi connectivity index (χ4v) is 1.64. The van der Waals surface area contributed by atoms with Gasteiger partial charge in [0.05, 0.1) is 0 Å². The van der Waals surface area contributed by atoms with E-state index in [9.17, 15) is 13.2 Å². The van der Waals surface area contributed by atoms with Crippen LogP contribution in [0.5, 0.6) is 17.4 Å². The normalized spacial score (nSPS) is 11.2. The van der Waals surface area contributed by atoms with Crippen LogP contribution < -0.4 is 9.47 Å². The summed E-state index contributed by atoms with van der Waals surface area (Å²) >= 11 is 8.89. The first-order valence-corrected chi connectivity index (χ1v) is 6.22. The summed E-state index contributed by atoms with van der Waals surface area (Å²) in [5.41, 5.74) is 0. The fourth-order valence-electron chi connectivity index (χ4n) is 1.23. The SMILES string of the molecule is FC(F)(F)Oc1ccc(Oc2ncnc(Cl)c2Br)cc1. The van der Waals surface area contributed by atoms with Crippen LogP contribution in [0.3, 0.4) is 0 Å². The molecule has 0 saturated carbocycles. The van der Waals surface area contributed by atoms with Gasteiger partial charge in [0.1, 0.15) is 22.3 Å². The van der Waals surface area contributed by atoms with Crippen LogP contribution in [0.1, 0.15) is 0 Å². The number of alkyl halides is 3. The highest BCUT2D eigenvalue weighted by Gasteiger charge is 2.31. The van der Waals surface area contributed by atoms with Crippen LogP contribution in [0.4, 0.5) is 13.2 Å². The van der Waals surface area contributed by atoms with Crippen LogP contribution in [0.15, 0.2) is 35.1 Å². The van der Waals surface area contributed by atoms with E-state index >= 15 is 0 Å². The average molecular weight is 370 g/mol. The Kier molecular flexibility index (Phi) is 4.34. The van der Waals surface area contributed by atoms with Gasteiger partial charge < -0.3 is 9.47 Å². The van der Waals surface area contributed by atoms with Crippen LogP contribution in [0.2, 0.25) is 5.15 Å². The molecule has 0 amide bonds. The Bertz CT molecular complexity index is 608. The topological polar surface area (TPSA) is 44.2 Å². The van der Waals surface area contributed by atoms with E-state index in [1.807, 2.05) is 0 Å². The lowest BCUT2D eigenvalue weighted by Gasteiger charge is -2.10. The lowest BCUT2D eigenvalue weighted by molar-refractivity contribution is -0.274. The third kappa shape index (κ3) is 3.97. The number of hydrogen-bond donors (Lipinski definition) is 0. The van der Waals surface area contributed by atoms with E-state index in [0.717, 1.165) is 12.1 Å². The molecule has 0 unspecified atom stereocenters. The summed E-state index contributed by atoms with van der Waals surface area (Å²) < 4.78 is 45.4. The number of rotatable bonds is 3. The van der Waals surface area contributed by atoms with E-state index < -0.39 is 6.36 Å². The van der Waals surface area contributed by atoms with E-state index in [4.69, 9.17) is 16.3 Å². The first-order valence-electron chi connectivity index (χ1n) is 5.05. The molecule has 2 rings (SSSR count). The van der Waals surface area contributed by atoms with Crippen LogP contribution in [0, 0.1) is 0 Å². The molecule has 4 nitrogen and oxygen atoms in total. The van der Waals surface area contributed by atoms with Crippen LogP contribution in [0.25, 0.3) is 0 Å². The zero-order chi connectivity index (χ0) is 14.8. The number of hydrogen-bond acceptors (Lipinski definition) is 4. The Morgan fingerprint density at radius 1 is 1.05 bits per heavy atom. The van der Waals surface area contributed by atoms with Gasteiger partial charge in [-0.15, -0.1) is 13.2 Å². The molecular formula is C11H5BrClF3N2O2. The molecule has 2 aromatic rings. The summed E-state index contributed by atoms with van der Waals surface area (Å²) in [6, 6.07) is 4.87. The minimum Gasteiger partial charge on any atom is -0.438 e. The summed E-state index contributed by atoms with van der Waals surface area (Å²) in [4.78, 5) is 7.56. The molecule has 0 fully saturated rings. The molecule has 0 aliphatic carbocycles. The Balaban J connectivity index is 2.13. The highest BCUT2D eigenvalue weighted by molar-refractivity contribution is 9.10. The van der Waals surface area contributed by atoms with E-state index in [1.165, 1.54) is 18.5 Å². The van der Waals surface area contributed by atoms with Gasteiger partial charge in [-0.1, -0.05) is 11.6 Å². The van der Waals surface area contributed by atoms with Crippen molar-refractivity contribution in [3.05, 3.63) is 40.2 Å². The second-order valence-electron chi connectivity index (χ2n) is 3.40. The minimum atomic E-state index is -4.73. The highest BCUT2D eigenvalue weighted by Crippen LogP contribution is 2.32. The van der Waals surface area contributed by atoms with Crippen molar-refractivity contribution in [2.24, 2.45) is 0 Å². The van der Waals surface area contributed by atoms with Gasteiger partial charge in [-0.2, -0.15) is 0 Å². The Morgan fingerprint density at radius 3 is 2.25 bits per heavy atom. The third-order valence-corrected chi connectivity index (χ3v) is 3.22. The third-order valence-electron chi connectivity index (χ3n) is 1.99. The summed E-state index contributed by atoms with van der Waals surface area (Å²) in [7, 11) is 0. The predicted octanol–water partition coefficient (Wildman–Crippen LogP) is 4.58. The summed E-state index contributed by atoms with van der Waals surface area (Å²) in [5.74, 6) is 0.0779. The molecule has 0 N–H and O–H groups in total. The fraction of sp³-hybridized carbons (Fsp3) is 0.0909. The van der Waals surface area contributed by atoms with E-state index in [0.29, 0.717) is 4.47 Å². The summed E-state index contributed by atoms with van der Waals surface area (Å²) in [6.45, 7) is 0. The molecule has 1 aromatic heterocycles. The second-order valence-corrected chi connectivity index (χ2v) is 4.56. The largest absolute Gasteiger partial charge is 0.573 e. The molecule has 0 aliphatic heterocycles. The van der Waals surface area contributed by atoms with Crippen molar-refractivity contribution in [1.29, 1.82) is 0 Å². The number of nitrogens with zero attached hydrogens (tertiary/aromatic N) is 2. The van der Waals surface area contributed by atoms with Gasteiger partial charge in [-0.25, -0.2) is 9.97 Å². The first kappa shape index (κ1) is 14.9. The van der Waals surface area contributed by atoms with E-state index in [2.05, 4.69) is 30.6 Å². The maximum atomic E-state index is 12.0. The molecule has 9 heteroatoms. The van der Waals surface area contributed by atoms with E-state index in [1.54, 1.807) is 0 Å². The second kappa shape index (κ2) is 5.84. The highest BCUT2D eigenvalue weighted by atomic mass is 79.9. The molecule has 1 aromatic carbocycles. The molecule has 20 heavy (non-hydrogen) atoms. The molecule has 0 radical (unpaired) electrons. The van der Waals surface area contributed by atoms with Gasteiger partial charge in [0.2, 0.25) is 5.88 Å². The minimum absolute atomic E-state index is 0.148. The Hall–Kier alpha value is -1.54. The van der Waals surface area contributed by atoms with Gasteiger partial charge in [-0.05, 0) is 40.2 Å². The van der Waals surface area contributed by atoms with Gasteiger partial charge in [-0.3, -0.25) is 0 Å². The lowest BCUT2D eigenvalue weighted by atomic mass is 10.3. The van der Waals surface area contributed by atoms with Gasteiger partial charge in [0.15, 0.2) is 5.15 Å². The zero-order valence-corrected chi connectivity index (χ0v) is 11.8. The van der Waals surface area contributed by atoms with Crippen molar-refractivity contribution in [1.82, 2.24) is 9.97 Å². The molecule has 0 saturated heterocycles. The smallest absolute Gasteiger partial charge is 0.438 e. The van der Waals surface area contributed by atoms with Crippen molar-refractivity contribution in [3.8, 4) is 17.4 Å². The number of ether oxygens (including phenoxy) is 2. The molecule has 1 heterocycles. The van der Waals surface area contributed by atoms with Crippen molar-refractivity contribution >= 4 is 27.5 Å². The van der Waals surface area contributed by atoms with Crippen LogP contribution in [-0.4, -0.2) is 16.3 Å². The zero-order valence-electron chi connectivity index (χ0n) is 9.49. The number of aromatic nitrogens is 2. The Labute approximate surface area is 124 Å². The monoisotopic (exact) mass is 368 g/mol. The Morgan fingerprint density at radius 2 is 1.65 bits per heavy atom. The van der Waals surface area contributed by atoms with Gasteiger partial charge in [0, 0.05) is 0 Å². The molecule has 0 atom stereocenters. The quantitative estimate of drug-likeness (QED) is 0.743.